The van der Waals surface area contributed by atoms with Gasteiger partial charge in [0.2, 0.25) is 11.2 Å². The second-order valence-electron chi connectivity index (χ2n) is 6.01. The van der Waals surface area contributed by atoms with Crippen LogP contribution in [0.4, 0.5) is 0 Å². The van der Waals surface area contributed by atoms with Gasteiger partial charge in [-0.25, -0.2) is 4.79 Å². The van der Waals surface area contributed by atoms with Gasteiger partial charge in [-0.15, -0.1) is 0 Å². The van der Waals surface area contributed by atoms with Gasteiger partial charge in [0.1, 0.15) is 23.3 Å². The molecule has 0 saturated heterocycles. The lowest BCUT2D eigenvalue weighted by atomic mass is 10.2. The fourth-order valence-electron chi connectivity index (χ4n) is 2.48. The Morgan fingerprint density at radius 1 is 1.11 bits per heavy atom. The van der Waals surface area contributed by atoms with E-state index in [9.17, 15) is 9.59 Å². The van der Waals surface area contributed by atoms with Gasteiger partial charge in [0.05, 0.1) is 12.0 Å². The first kappa shape index (κ1) is 18.5. The molecule has 0 radical (unpaired) electrons. The third-order valence-corrected chi connectivity index (χ3v) is 3.89. The molecule has 0 fully saturated rings. The molecule has 1 atom stereocenters. The maximum absolute atomic E-state index is 12.6. The summed E-state index contributed by atoms with van der Waals surface area (Å²) in [5.41, 5.74) is 1.14. The summed E-state index contributed by atoms with van der Waals surface area (Å²) in [5, 5.41) is 0.357. The standard InChI is InChI=1S/C21H20O6/c1-4-24-21(23)14(3)26-16-9-10-17-18(11-16)25-12-19(20(17)22)27-15-7-5-13(2)6-8-15/h5-12,14H,4H2,1-3H3/t14-/m1/s1. The molecule has 140 valence electrons. The third kappa shape index (κ3) is 4.28. The predicted octanol–water partition coefficient (Wildman–Crippen LogP) is 4.22. The number of esters is 1. The van der Waals surface area contributed by atoms with Gasteiger partial charge < -0.3 is 18.6 Å². The molecule has 6 heteroatoms. The highest BCUT2D eigenvalue weighted by atomic mass is 16.6. The van der Waals surface area contributed by atoms with Crippen molar-refractivity contribution < 1.29 is 23.4 Å². The molecule has 0 aliphatic rings. The van der Waals surface area contributed by atoms with Gasteiger partial charge in [-0.3, -0.25) is 4.79 Å². The van der Waals surface area contributed by atoms with Crippen LogP contribution in [0.5, 0.6) is 17.2 Å². The van der Waals surface area contributed by atoms with E-state index in [1.807, 2.05) is 19.1 Å². The Bertz CT molecular complexity index is 1000. The van der Waals surface area contributed by atoms with Crippen molar-refractivity contribution in [3.63, 3.8) is 0 Å². The summed E-state index contributed by atoms with van der Waals surface area (Å²) < 4.78 is 21.6. The van der Waals surface area contributed by atoms with Crippen LogP contribution >= 0.6 is 0 Å². The molecule has 3 aromatic rings. The zero-order chi connectivity index (χ0) is 19.4. The van der Waals surface area contributed by atoms with E-state index in [-0.39, 0.29) is 17.8 Å². The molecule has 1 heterocycles. The maximum Gasteiger partial charge on any atom is 0.347 e. The molecule has 1 aromatic heterocycles. The Morgan fingerprint density at radius 3 is 2.52 bits per heavy atom. The molecular weight excluding hydrogens is 348 g/mol. The number of ether oxygens (including phenoxy) is 3. The van der Waals surface area contributed by atoms with E-state index in [4.69, 9.17) is 18.6 Å². The minimum Gasteiger partial charge on any atom is -0.479 e. The molecule has 27 heavy (non-hydrogen) atoms. The van der Waals surface area contributed by atoms with Crippen LogP contribution in [0.15, 0.2) is 57.9 Å². The molecule has 0 N–H and O–H groups in total. The molecule has 3 rings (SSSR count). The van der Waals surface area contributed by atoms with Crippen LogP contribution in [0, 0.1) is 6.92 Å². The minimum atomic E-state index is -0.765. The van der Waals surface area contributed by atoms with E-state index in [0.717, 1.165) is 5.56 Å². The van der Waals surface area contributed by atoms with Gasteiger partial charge in [0.15, 0.2) is 6.10 Å². The lowest BCUT2D eigenvalue weighted by Crippen LogP contribution is -2.26. The van der Waals surface area contributed by atoms with E-state index in [2.05, 4.69) is 0 Å². The van der Waals surface area contributed by atoms with Crippen LogP contribution < -0.4 is 14.9 Å². The van der Waals surface area contributed by atoms with Crippen LogP contribution in [0.1, 0.15) is 19.4 Å². The molecule has 0 bridgehead atoms. The molecule has 0 amide bonds. The Labute approximate surface area is 156 Å². The Hall–Kier alpha value is -3.28. The molecule has 0 aliphatic heterocycles. The SMILES string of the molecule is CCOC(=O)[C@@H](C)Oc1ccc2c(=O)c(Oc3ccc(C)cc3)coc2c1. The van der Waals surface area contributed by atoms with E-state index < -0.39 is 12.1 Å². The van der Waals surface area contributed by atoms with E-state index in [1.165, 1.54) is 6.26 Å². The largest absolute Gasteiger partial charge is 0.479 e. The lowest BCUT2D eigenvalue weighted by Gasteiger charge is -2.13. The Balaban J connectivity index is 1.83. The zero-order valence-electron chi connectivity index (χ0n) is 15.4. The van der Waals surface area contributed by atoms with Gasteiger partial charge >= 0.3 is 5.97 Å². The number of rotatable bonds is 6. The molecule has 0 saturated carbocycles. The number of benzene rings is 2. The summed E-state index contributed by atoms with van der Waals surface area (Å²) >= 11 is 0. The monoisotopic (exact) mass is 368 g/mol. The van der Waals surface area contributed by atoms with E-state index in [1.54, 1.807) is 44.2 Å². The Morgan fingerprint density at radius 2 is 1.81 bits per heavy atom. The molecule has 0 spiro atoms. The van der Waals surface area contributed by atoms with Crippen molar-refractivity contribution in [2.75, 3.05) is 6.61 Å². The molecule has 2 aromatic carbocycles. The summed E-state index contributed by atoms with van der Waals surface area (Å²) in [6.45, 7) is 5.57. The zero-order valence-corrected chi connectivity index (χ0v) is 15.4. The second kappa shape index (κ2) is 7.95. The van der Waals surface area contributed by atoms with E-state index >= 15 is 0 Å². The summed E-state index contributed by atoms with van der Waals surface area (Å²) in [6, 6.07) is 12.1. The van der Waals surface area contributed by atoms with E-state index in [0.29, 0.717) is 22.5 Å². The first-order valence-electron chi connectivity index (χ1n) is 8.61. The first-order chi connectivity index (χ1) is 13.0. The quantitative estimate of drug-likeness (QED) is 0.606. The number of carbonyl (C=O) groups is 1. The molecule has 0 aliphatic carbocycles. The maximum atomic E-state index is 12.6. The summed E-state index contributed by atoms with van der Waals surface area (Å²) in [6.07, 6.45) is 0.501. The van der Waals surface area contributed by atoms with Crippen molar-refractivity contribution in [2.45, 2.75) is 26.9 Å². The smallest absolute Gasteiger partial charge is 0.347 e. The highest BCUT2D eigenvalue weighted by Gasteiger charge is 2.17. The fraction of sp³-hybridized carbons (Fsp3) is 0.238. The van der Waals surface area contributed by atoms with Crippen molar-refractivity contribution in [2.24, 2.45) is 0 Å². The summed E-state index contributed by atoms with van der Waals surface area (Å²) in [7, 11) is 0. The first-order valence-corrected chi connectivity index (χ1v) is 8.61. The average Bonchev–Trinajstić information content (AvgIpc) is 2.66. The third-order valence-electron chi connectivity index (χ3n) is 3.89. The predicted molar refractivity (Wildman–Crippen MR) is 100 cm³/mol. The topological polar surface area (TPSA) is 75.0 Å². The number of aryl methyl sites for hydroxylation is 1. The van der Waals surface area contributed by atoms with Crippen molar-refractivity contribution >= 4 is 16.9 Å². The number of carbonyl (C=O) groups excluding carboxylic acids is 1. The summed E-state index contributed by atoms with van der Waals surface area (Å²) in [4.78, 5) is 24.3. The summed E-state index contributed by atoms with van der Waals surface area (Å²) in [5.74, 6) is 0.592. The van der Waals surface area contributed by atoms with Gasteiger partial charge in [0.25, 0.3) is 0 Å². The van der Waals surface area contributed by atoms with Crippen molar-refractivity contribution in [1.29, 1.82) is 0 Å². The molecular formula is C21H20O6. The highest BCUT2D eigenvalue weighted by molar-refractivity contribution is 5.79. The van der Waals surface area contributed by atoms with Crippen molar-refractivity contribution in [3.05, 3.63) is 64.5 Å². The minimum absolute atomic E-state index is 0.0971. The second-order valence-corrected chi connectivity index (χ2v) is 6.01. The fourth-order valence-corrected chi connectivity index (χ4v) is 2.48. The van der Waals surface area contributed by atoms with Crippen molar-refractivity contribution in [3.8, 4) is 17.2 Å². The lowest BCUT2D eigenvalue weighted by molar-refractivity contribution is -0.150. The molecule has 6 nitrogen and oxygen atoms in total. The number of fused-ring (bicyclic) bond motifs is 1. The van der Waals surface area contributed by atoms with Gasteiger partial charge in [-0.2, -0.15) is 0 Å². The van der Waals surface area contributed by atoms with Crippen LogP contribution in [0.2, 0.25) is 0 Å². The highest BCUT2D eigenvalue weighted by Crippen LogP contribution is 2.24. The van der Waals surface area contributed by atoms with Crippen LogP contribution in [0.3, 0.4) is 0 Å². The number of hydrogen-bond acceptors (Lipinski definition) is 6. The Kier molecular flexibility index (Phi) is 5.45. The van der Waals surface area contributed by atoms with Crippen LogP contribution in [-0.2, 0) is 9.53 Å². The molecule has 0 unspecified atom stereocenters. The van der Waals surface area contributed by atoms with Crippen LogP contribution in [-0.4, -0.2) is 18.7 Å². The van der Waals surface area contributed by atoms with Gasteiger partial charge in [-0.05, 0) is 45.0 Å². The number of hydrogen-bond donors (Lipinski definition) is 0. The normalized spacial score (nSPS) is 11.8. The average molecular weight is 368 g/mol. The van der Waals surface area contributed by atoms with Crippen molar-refractivity contribution in [1.82, 2.24) is 0 Å². The van der Waals surface area contributed by atoms with Gasteiger partial charge in [-0.1, -0.05) is 17.7 Å². The van der Waals surface area contributed by atoms with Gasteiger partial charge in [0, 0.05) is 6.07 Å². The van der Waals surface area contributed by atoms with Crippen LogP contribution in [0.25, 0.3) is 11.0 Å².